The van der Waals surface area contributed by atoms with E-state index in [9.17, 15) is 14.4 Å². The van der Waals surface area contributed by atoms with E-state index in [0.29, 0.717) is 0 Å². The Labute approximate surface area is 94.7 Å². The second kappa shape index (κ2) is 13.3. The van der Waals surface area contributed by atoms with Crippen LogP contribution in [0.25, 0.3) is 0 Å². The Balaban J connectivity index is 0. The van der Waals surface area contributed by atoms with Crippen molar-refractivity contribution in [3.8, 4) is 0 Å². The molecule has 0 aliphatic heterocycles. The fraction of sp³-hybridized carbons (Fsp3) is 0.500. The molecule has 0 fully saturated rings. The van der Waals surface area contributed by atoms with Crippen molar-refractivity contribution in [3.05, 3.63) is 12.2 Å². The van der Waals surface area contributed by atoms with Crippen molar-refractivity contribution < 1.29 is 19.5 Å². The Morgan fingerprint density at radius 2 is 1.94 bits per heavy atom. The molecule has 0 spiro atoms. The molecule has 0 aromatic heterocycles. The zero-order chi connectivity index (χ0) is 12.8. The normalized spacial score (nSPS) is 9.12. The van der Waals surface area contributed by atoms with Gasteiger partial charge in [0.05, 0.1) is 6.54 Å². The van der Waals surface area contributed by atoms with Crippen molar-refractivity contribution >= 4 is 18.2 Å². The van der Waals surface area contributed by atoms with E-state index in [0.717, 1.165) is 12.7 Å². The number of aldehydes is 1. The molecule has 3 N–H and O–H groups in total. The maximum atomic E-state index is 10.5. The van der Waals surface area contributed by atoms with Crippen molar-refractivity contribution in [2.24, 2.45) is 0 Å². The van der Waals surface area contributed by atoms with Crippen molar-refractivity contribution in [1.82, 2.24) is 10.6 Å². The highest BCUT2D eigenvalue weighted by Crippen LogP contribution is 1.72. The summed E-state index contributed by atoms with van der Waals surface area (Å²) in [5.74, 6) is -1.35. The van der Waals surface area contributed by atoms with Crippen LogP contribution in [0.5, 0.6) is 0 Å². The molecule has 6 heteroatoms. The Morgan fingerprint density at radius 1 is 1.31 bits per heavy atom. The van der Waals surface area contributed by atoms with Crippen LogP contribution < -0.4 is 10.6 Å². The van der Waals surface area contributed by atoms with Crippen molar-refractivity contribution in [3.63, 3.8) is 0 Å². The zero-order valence-electron chi connectivity index (χ0n) is 9.53. The minimum absolute atomic E-state index is 0.146. The number of likely N-dealkylation sites (N-methyl/N-ethyl adjacent to an activating group) is 1. The molecule has 0 aromatic rings. The molecule has 0 atom stereocenters. The Hall–Kier alpha value is -1.69. The van der Waals surface area contributed by atoms with Gasteiger partial charge in [-0.25, -0.2) is 0 Å². The van der Waals surface area contributed by atoms with Crippen molar-refractivity contribution in [1.29, 1.82) is 0 Å². The summed E-state index contributed by atoms with van der Waals surface area (Å²) in [7, 11) is 1.61. The van der Waals surface area contributed by atoms with Crippen LogP contribution in [0, 0.1) is 0 Å². The average Bonchev–Trinajstić information content (AvgIpc) is 2.25. The molecule has 16 heavy (non-hydrogen) atoms. The molecule has 0 unspecified atom stereocenters. The van der Waals surface area contributed by atoms with Crippen LogP contribution in [0.2, 0.25) is 0 Å². The third-order valence-electron chi connectivity index (χ3n) is 1.22. The summed E-state index contributed by atoms with van der Waals surface area (Å²) in [6, 6.07) is 0. The summed E-state index contributed by atoms with van der Waals surface area (Å²) >= 11 is 0. The minimum atomic E-state index is -1.04. The number of allylic oxidation sites excluding steroid dienone is 2. The van der Waals surface area contributed by atoms with E-state index >= 15 is 0 Å². The van der Waals surface area contributed by atoms with Crippen LogP contribution in [0.4, 0.5) is 0 Å². The average molecular weight is 230 g/mol. The quantitative estimate of drug-likeness (QED) is 0.424. The lowest BCUT2D eigenvalue weighted by Gasteiger charge is -1.99. The molecule has 0 rings (SSSR count). The van der Waals surface area contributed by atoms with Crippen LogP contribution in [-0.4, -0.2) is 43.4 Å². The third kappa shape index (κ3) is 18.2. The second-order valence-electron chi connectivity index (χ2n) is 2.67. The van der Waals surface area contributed by atoms with Crippen LogP contribution in [-0.2, 0) is 14.4 Å². The number of carbonyl (C=O) groups is 3. The van der Waals surface area contributed by atoms with Gasteiger partial charge in [-0.2, -0.15) is 0 Å². The van der Waals surface area contributed by atoms with E-state index in [1.807, 2.05) is 13.0 Å². The van der Waals surface area contributed by atoms with Crippen LogP contribution in [0.1, 0.15) is 13.3 Å². The highest BCUT2D eigenvalue weighted by atomic mass is 16.4. The molecule has 0 aliphatic carbocycles. The van der Waals surface area contributed by atoms with Gasteiger partial charge in [0, 0.05) is 0 Å². The van der Waals surface area contributed by atoms with E-state index in [2.05, 4.69) is 10.6 Å². The van der Waals surface area contributed by atoms with Crippen LogP contribution in [0.3, 0.4) is 0 Å². The molecule has 6 nitrogen and oxygen atoms in total. The lowest BCUT2D eigenvalue weighted by atomic mass is 10.4. The first-order valence-corrected chi connectivity index (χ1v) is 4.81. The molecule has 92 valence electrons. The summed E-state index contributed by atoms with van der Waals surface area (Å²) in [5, 5.41) is 12.9. The summed E-state index contributed by atoms with van der Waals surface area (Å²) in [6.45, 7) is 1.81. The van der Waals surface area contributed by atoms with E-state index in [1.54, 1.807) is 7.05 Å². The molecule has 0 aliphatic rings. The van der Waals surface area contributed by atoms with Crippen molar-refractivity contribution in [2.75, 3.05) is 20.1 Å². The Bertz CT molecular complexity index is 239. The first-order valence-electron chi connectivity index (χ1n) is 4.81. The van der Waals surface area contributed by atoms with Gasteiger partial charge in [-0.1, -0.05) is 13.0 Å². The second-order valence-corrected chi connectivity index (χ2v) is 2.67. The van der Waals surface area contributed by atoms with Gasteiger partial charge in [-0.15, -0.1) is 0 Å². The Kier molecular flexibility index (Phi) is 13.9. The lowest BCUT2D eigenvalue weighted by molar-refractivity contribution is -0.137. The predicted octanol–water partition coefficient (Wildman–Crippen LogP) is -0.442. The third-order valence-corrected chi connectivity index (χ3v) is 1.22. The summed E-state index contributed by atoms with van der Waals surface area (Å²) < 4.78 is 0. The number of rotatable bonds is 6. The smallest absolute Gasteiger partial charge is 0.322 e. The van der Waals surface area contributed by atoms with E-state index < -0.39 is 5.97 Å². The number of hydrogen-bond donors (Lipinski definition) is 3. The molecule has 0 heterocycles. The maximum absolute atomic E-state index is 10.5. The topological polar surface area (TPSA) is 95.5 Å². The van der Waals surface area contributed by atoms with Gasteiger partial charge in [-0.3, -0.25) is 14.4 Å². The summed E-state index contributed by atoms with van der Waals surface area (Å²) in [6.07, 6.45) is 5.04. The van der Waals surface area contributed by atoms with Gasteiger partial charge in [0.15, 0.2) is 0 Å². The van der Waals surface area contributed by atoms with Gasteiger partial charge < -0.3 is 15.7 Å². The van der Waals surface area contributed by atoms with Crippen molar-refractivity contribution in [2.45, 2.75) is 13.3 Å². The zero-order valence-corrected chi connectivity index (χ0v) is 9.53. The first-order chi connectivity index (χ1) is 7.58. The Morgan fingerprint density at radius 3 is 2.25 bits per heavy atom. The van der Waals surface area contributed by atoms with Gasteiger partial charge >= 0.3 is 5.97 Å². The van der Waals surface area contributed by atoms with Gasteiger partial charge in [-0.05, 0) is 19.5 Å². The highest BCUT2D eigenvalue weighted by molar-refractivity contribution is 5.82. The standard InChI is InChI=1S/C5H10N2O3.C5H8O/c1-6-2-4(8)7-3-5(9)10;1-2-3-4-5-6/h6H,2-3H2,1H3,(H,7,8)(H,9,10);3-5H,2H2,1H3/b;4-3+. The monoisotopic (exact) mass is 230 g/mol. The number of nitrogens with one attached hydrogen (secondary N) is 2. The largest absolute Gasteiger partial charge is 0.480 e. The van der Waals surface area contributed by atoms with Gasteiger partial charge in [0.1, 0.15) is 12.8 Å². The fourth-order valence-electron chi connectivity index (χ4n) is 0.589. The SMILES string of the molecule is CC/C=C/C=O.CNCC(=O)NCC(=O)O. The summed E-state index contributed by atoms with van der Waals surface area (Å²) in [4.78, 5) is 29.9. The molecule has 0 bridgehead atoms. The molecule has 1 amide bonds. The number of hydrogen-bond acceptors (Lipinski definition) is 4. The molecular weight excluding hydrogens is 212 g/mol. The van der Waals surface area contributed by atoms with E-state index in [-0.39, 0.29) is 19.0 Å². The van der Waals surface area contributed by atoms with Gasteiger partial charge in [0.2, 0.25) is 5.91 Å². The number of carboxylic acid groups (broad SMARTS) is 1. The molecular formula is C10H18N2O4. The molecule has 0 saturated carbocycles. The fourth-order valence-corrected chi connectivity index (χ4v) is 0.589. The number of carbonyl (C=O) groups excluding carboxylic acids is 2. The number of aliphatic carboxylic acids is 1. The number of amides is 1. The van der Waals surface area contributed by atoms with Gasteiger partial charge in [0.25, 0.3) is 0 Å². The lowest BCUT2D eigenvalue weighted by Crippen LogP contribution is -2.35. The van der Waals surface area contributed by atoms with E-state index in [4.69, 9.17) is 5.11 Å². The molecule has 0 aromatic carbocycles. The predicted molar refractivity (Wildman–Crippen MR) is 60.1 cm³/mol. The highest BCUT2D eigenvalue weighted by Gasteiger charge is 2.00. The van der Waals surface area contributed by atoms with Crippen LogP contribution >= 0.6 is 0 Å². The molecule has 0 radical (unpaired) electrons. The first kappa shape index (κ1) is 16.7. The molecule has 0 saturated heterocycles. The summed E-state index contributed by atoms with van der Waals surface area (Å²) in [5.41, 5.74) is 0. The van der Waals surface area contributed by atoms with Crippen LogP contribution in [0.15, 0.2) is 12.2 Å². The van der Waals surface area contributed by atoms with E-state index in [1.165, 1.54) is 6.08 Å². The number of carboxylic acids is 1. The minimum Gasteiger partial charge on any atom is -0.480 e. The maximum Gasteiger partial charge on any atom is 0.322 e.